The molecule has 2 aromatic rings. The van der Waals surface area contributed by atoms with Gasteiger partial charge in [0.1, 0.15) is 0 Å². The topological polar surface area (TPSA) is 114 Å². The molecule has 0 aliphatic carbocycles. The van der Waals surface area contributed by atoms with Crippen molar-refractivity contribution >= 4 is 32.9 Å². The van der Waals surface area contributed by atoms with Gasteiger partial charge in [-0.1, -0.05) is 0 Å². The summed E-state index contributed by atoms with van der Waals surface area (Å²) in [6.45, 7) is 0. The Labute approximate surface area is 121 Å². The Kier molecular flexibility index (Phi) is 4.03. The zero-order valence-electron chi connectivity index (χ0n) is 11.0. The van der Waals surface area contributed by atoms with Gasteiger partial charge in [-0.3, -0.25) is 14.8 Å². The van der Waals surface area contributed by atoms with Crippen LogP contribution in [0.2, 0.25) is 0 Å². The van der Waals surface area contributed by atoms with Crippen LogP contribution in [0.5, 0.6) is 0 Å². The average Bonchev–Trinajstić information content (AvgIpc) is 2.40. The van der Waals surface area contributed by atoms with Crippen LogP contribution < -0.4 is 10.0 Å². The summed E-state index contributed by atoms with van der Waals surface area (Å²) in [5.74, 6) is 0.117. The quantitative estimate of drug-likeness (QED) is 0.645. The van der Waals surface area contributed by atoms with Crippen LogP contribution in [-0.4, -0.2) is 24.6 Å². The smallest absolute Gasteiger partial charge is 0.311 e. The summed E-state index contributed by atoms with van der Waals surface area (Å²) >= 11 is 0. The Balaban J connectivity index is 2.20. The molecule has 0 amide bonds. The van der Waals surface area contributed by atoms with Gasteiger partial charge in [0.2, 0.25) is 15.8 Å². The maximum Gasteiger partial charge on any atom is 0.311 e. The molecule has 0 saturated heterocycles. The Morgan fingerprint density at radius 2 is 1.76 bits per heavy atom. The Bertz CT molecular complexity index is 759. The van der Waals surface area contributed by atoms with Crippen LogP contribution in [0.3, 0.4) is 0 Å². The molecule has 9 heteroatoms. The number of aromatic nitrogens is 1. The Morgan fingerprint density at radius 3 is 2.33 bits per heavy atom. The van der Waals surface area contributed by atoms with Crippen molar-refractivity contribution in [2.24, 2.45) is 0 Å². The molecule has 1 aromatic heterocycles. The molecule has 0 saturated carbocycles. The standard InChI is InChI=1S/C12H12N4O4S/c1-21(19,20)15-10-6-4-9(5-7-10)14-12-11(16(17)18)3-2-8-13-12/h2-8,15H,1H3,(H,13,14). The summed E-state index contributed by atoms with van der Waals surface area (Å²) < 4.78 is 24.5. The first-order valence-electron chi connectivity index (χ1n) is 5.79. The van der Waals surface area contributed by atoms with Gasteiger partial charge < -0.3 is 5.32 Å². The van der Waals surface area contributed by atoms with Gasteiger partial charge in [0.25, 0.3) is 0 Å². The number of nitro groups is 1. The zero-order valence-corrected chi connectivity index (χ0v) is 11.8. The lowest BCUT2D eigenvalue weighted by molar-refractivity contribution is -0.384. The van der Waals surface area contributed by atoms with E-state index in [-0.39, 0.29) is 11.5 Å². The molecular formula is C12H12N4O4S. The molecule has 1 aromatic carbocycles. The number of hydrogen-bond acceptors (Lipinski definition) is 6. The predicted molar refractivity (Wildman–Crippen MR) is 79.1 cm³/mol. The number of benzene rings is 1. The second-order valence-electron chi connectivity index (χ2n) is 4.20. The third-order valence-corrected chi connectivity index (χ3v) is 3.04. The molecule has 0 radical (unpaired) electrons. The van der Waals surface area contributed by atoms with Crippen molar-refractivity contribution in [1.29, 1.82) is 0 Å². The van der Waals surface area contributed by atoms with Gasteiger partial charge >= 0.3 is 5.69 Å². The summed E-state index contributed by atoms with van der Waals surface area (Å²) in [6.07, 6.45) is 2.49. The van der Waals surface area contributed by atoms with Crippen molar-refractivity contribution in [3.8, 4) is 0 Å². The van der Waals surface area contributed by atoms with Crippen molar-refractivity contribution in [2.45, 2.75) is 0 Å². The highest BCUT2D eigenvalue weighted by Gasteiger charge is 2.14. The summed E-state index contributed by atoms with van der Waals surface area (Å²) in [4.78, 5) is 14.3. The van der Waals surface area contributed by atoms with Crippen LogP contribution in [0.1, 0.15) is 0 Å². The van der Waals surface area contributed by atoms with Crippen molar-refractivity contribution in [3.63, 3.8) is 0 Å². The third-order valence-electron chi connectivity index (χ3n) is 2.43. The second kappa shape index (κ2) is 5.75. The number of pyridine rings is 1. The van der Waals surface area contributed by atoms with Crippen LogP contribution >= 0.6 is 0 Å². The Hall–Kier alpha value is -2.68. The van der Waals surface area contributed by atoms with Crippen LogP contribution in [0.25, 0.3) is 0 Å². The first-order valence-corrected chi connectivity index (χ1v) is 7.68. The zero-order chi connectivity index (χ0) is 15.5. The predicted octanol–water partition coefficient (Wildman–Crippen LogP) is 2.10. The number of nitrogens with zero attached hydrogens (tertiary/aromatic N) is 2. The van der Waals surface area contributed by atoms with Gasteiger partial charge in [0.05, 0.1) is 11.2 Å². The van der Waals surface area contributed by atoms with Gasteiger partial charge in [-0.05, 0) is 30.3 Å². The largest absolute Gasteiger partial charge is 0.334 e. The van der Waals surface area contributed by atoms with Crippen molar-refractivity contribution < 1.29 is 13.3 Å². The van der Waals surface area contributed by atoms with Gasteiger partial charge in [-0.25, -0.2) is 13.4 Å². The van der Waals surface area contributed by atoms with E-state index in [0.717, 1.165) is 6.26 Å². The van der Waals surface area contributed by atoms with E-state index in [4.69, 9.17) is 0 Å². The van der Waals surface area contributed by atoms with E-state index in [1.807, 2.05) is 0 Å². The lowest BCUT2D eigenvalue weighted by Crippen LogP contribution is -2.09. The lowest BCUT2D eigenvalue weighted by atomic mass is 10.3. The summed E-state index contributed by atoms with van der Waals surface area (Å²) in [5.41, 5.74) is 0.810. The molecule has 0 atom stereocenters. The normalized spacial score (nSPS) is 10.9. The summed E-state index contributed by atoms with van der Waals surface area (Å²) in [5, 5.41) is 13.7. The molecular weight excluding hydrogens is 296 g/mol. The van der Waals surface area contributed by atoms with Crippen LogP contribution in [0, 0.1) is 10.1 Å². The van der Waals surface area contributed by atoms with Gasteiger partial charge in [0.15, 0.2) is 0 Å². The molecule has 0 aliphatic rings. The number of hydrogen-bond donors (Lipinski definition) is 2. The van der Waals surface area contributed by atoms with E-state index < -0.39 is 14.9 Å². The monoisotopic (exact) mass is 308 g/mol. The van der Waals surface area contributed by atoms with Crippen LogP contribution in [-0.2, 0) is 10.0 Å². The van der Waals surface area contributed by atoms with Gasteiger partial charge in [-0.15, -0.1) is 0 Å². The maximum atomic E-state index is 11.1. The highest BCUT2D eigenvalue weighted by molar-refractivity contribution is 7.92. The molecule has 2 rings (SSSR count). The fraction of sp³-hybridized carbons (Fsp3) is 0.0833. The molecule has 0 bridgehead atoms. The van der Waals surface area contributed by atoms with Crippen molar-refractivity contribution in [3.05, 3.63) is 52.7 Å². The molecule has 0 spiro atoms. The van der Waals surface area contributed by atoms with Gasteiger partial charge in [0, 0.05) is 23.6 Å². The summed E-state index contributed by atoms with van der Waals surface area (Å²) in [6, 6.07) is 9.07. The van der Waals surface area contributed by atoms with E-state index in [0.29, 0.717) is 11.4 Å². The van der Waals surface area contributed by atoms with E-state index in [1.54, 1.807) is 12.1 Å². The lowest BCUT2D eigenvalue weighted by Gasteiger charge is -2.07. The SMILES string of the molecule is CS(=O)(=O)Nc1ccc(Nc2ncccc2[N+](=O)[O-])cc1. The fourth-order valence-electron chi connectivity index (χ4n) is 1.61. The third kappa shape index (κ3) is 4.14. The van der Waals surface area contributed by atoms with E-state index in [2.05, 4.69) is 15.0 Å². The maximum absolute atomic E-state index is 11.1. The highest BCUT2D eigenvalue weighted by atomic mass is 32.2. The number of sulfonamides is 1. The number of nitrogens with one attached hydrogen (secondary N) is 2. The minimum absolute atomic E-state index is 0.117. The van der Waals surface area contributed by atoms with E-state index >= 15 is 0 Å². The molecule has 2 N–H and O–H groups in total. The first-order chi connectivity index (χ1) is 9.85. The second-order valence-corrected chi connectivity index (χ2v) is 5.95. The molecule has 1 heterocycles. The number of rotatable bonds is 5. The molecule has 0 unspecified atom stereocenters. The molecule has 110 valence electrons. The average molecular weight is 308 g/mol. The molecule has 0 fully saturated rings. The van der Waals surface area contributed by atoms with Crippen molar-refractivity contribution in [2.75, 3.05) is 16.3 Å². The summed E-state index contributed by atoms with van der Waals surface area (Å²) in [7, 11) is -3.34. The minimum Gasteiger partial charge on any atom is -0.334 e. The first kappa shape index (κ1) is 14.7. The van der Waals surface area contributed by atoms with Crippen LogP contribution in [0.15, 0.2) is 42.6 Å². The molecule has 8 nitrogen and oxygen atoms in total. The Morgan fingerprint density at radius 1 is 1.14 bits per heavy atom. The fourth-order valence-corrected chi connectivity index (χ4v) is 2.18. The van der Waals surface area contributed by atoms with Crippen LogP contribution in [0.4, 0.5) is 22.9 Å². The highest BCUT2D eigenvalue weighted by Crippen LogP contribution is 2.25. The molecule has 21 heavy (non-hydrogen) atoms. The molecule has 0 aliphatic heterocycles. The van der Waals surface area contributed by atoms with Gasteiger partial charge in [-0.2, -0.15) is 0 Å². The van der Waals surface area contributed by atoms with E-state index in [9.17, 15) is 18.5 Å². The van der Waals surface area contributed by atoms with Crippen molar-refractivity contribution in [1.82, 2.24) is 4.98 Å². The number of anilines is 3. The minimum atomic E-state index is -3.34. The van der Waals surface area contributed by atoms with E-state index in [1.165, 1.54) is 30.5 Å².